The predicted octanol–water partition coefficient (Wildman–Crippen LogP) is 9.71. The number of esters is 1. The van der Waals surface area contributed by atoms with Gasteiger partial charge in [0.1, 0.15) is 6.10 Å². The number of allylic oxidation sites excluding steroid dienone is 1. The van der Waals surface area contributed by atoms with Crippen LogP contribution in [0.4, 0.5) is 0 Å². The molecule has 0 radical (unpaired) electrons. The monoisotopic (exact) mass is 522 g/mol. The van der Waals surface area contributed by atoms with E-state index in [0.29, 0.717) is 10.8 Å². The van der Waals surface area contributed by atoms with Crippen LogP contribution in [0.3, 0.4) is 0 Å². The molecule has 0 saturated heterocycles. The highest BCUT2D eigenvalue weighted by Gasteiger charge is 2.59. The standard InChI is InChI=1S/C34H50O2S/c1-23(2)8-6-9-24(3)29-14-15-30-28-13-11-25-22-26(36-32(35)16-12-27-10-7-21-37-27)17-19-33(25,4)31(28)18-20-34(29,30)5/h7,10-12,16,21,23-24,26,28-31H,6,8-9,13-15,17-20,22H2,1-5H3. The minimum atomic E-state index is -0.191. The highest BCUT2D eigenvalue weighted by atomic mass is 32.1. The largest absolute Gasteiger partial charge is 0.459 e. The number of ether oxygens (including phenoxy) is 1. The van der Waals surface area contributed by atoms with Crippen LogP contribution in [-0.4, -0.2) is 12.1 Å². The van der Waals surface area contributed by atoms with E-state index in [1.54, 1.807) is 23.0 Å². The molecular weight excluding hydrogens is 472 g/mol. The second-order valence-corrected chi connectivity index (χ2v) is 14.9. The van der Waals surface area contributed by atoms with Gasteiger partial charge >= 0.3 is 5.97 Å². The van der Waals surface area contributed by atoms with Crippen LogP contribution in [0.25, 0.3) is 6.08 Å². The van der Waals surface area contributed by atoms with E-state index in [0.717, 1.165) is 53.2 Å². The zero-order valence-electron chi connectivity index (χ0n) is 24.0. The summed E-state index contributed by atoms with van der Waals surface area (Å²) in [6.07, 6.45) is 20.4. The molecule has 4 aliphatic carbocycles. The molecule has 1 heterocycles. The zero-order valence-corrected chi connectivity index (χ0v) is 24.8. The van der Waals surface area contributed by atoms with Crippen molar-refractivity contribution >= 4 is 23.4 Å². The predicted molar refractivity (Wildman–Crippen MR) is 156 cm³/mol. The van der Waals surface area contributed by atoms with Crippen LogP contribution in [0.2, 0.25) is 0 Å². The van der Waals surface area contributed by atoms with E-state index in [4.69, 9.17) is 4.74 Å². The van der Waals surface area contributed by atoms with Crippen molar-refractivity contribution in [2.75, 3.05) is 0 Å². The van der Waals surface area contributed by atoms with Gasteiger partial charge in [0.2, 0.25) is 0 Å². The Hall–Kier alpha value is -1.35. The minimum absolute atomic E-state index is 0.0350. The van der Waals surface area contributed by atoms with Gasteiger partial charge in [0, 0.05) is 17.4 Å². The molecule has 37 heavy (non-hydrogen) atoms. The highest BCUT2D eigenvalue weighted by Crippen LogP contribution is 2.67. The van der Waals surface area contributed by atoms with Crippen LogP contribution >= 0.6 is 11.3 Å². The summed E-state index contributed by atoms with van der Waals surface area (Å²) in [5.41, 5.74) is 2.45. The molecule has 1 aromatic rings. The normalized spacial score (nSPS) is 38.1. The Balaban J connectivity index is 1.22. The number of carbonyl (C=O) groups excluding carboxylic acids is 1. The molecule has 5 rings (SSSR count). The molecule has 0 aliphatic heterocycles. The lowest BCUT2D eigenvalue weighted by atomic mass is 9.47. The summed E-state index contributed by atoms with van der Waals surface area (Å²) in [5, 5.41) is 2.03. The van der Waals surface area contributed by atoms with Gasteiger partial charge in [0.25, 0.3) is 0 Å². The fourth-order valence-electron chi connectivity index (χ4n) is 9.49. The summed E-state index contributed by atoms with van der Waals surface area (Å²) in [4.78, 5) is 13.6. The van der Waals surface area contributed by atoms with Crippen molar-refractivity contribution in [1.82, 2.24) is 0 Å². The van der Waals surface area contributed by atoms with Crippen molar-refractivity contribution in [2.45, 2.75) is 111 Å². The Kier molecular flexibility index (Phi) is 8.11. The second kappa shape index (κ2) is 11.0. The van der Waals surface area contributed by atoms with Gasteiger partial charge in [0.05, 0.1) is 0 Å². The summed E-state index contributed by atoms with van der Waals surface area (Å²) in [6, 6.07) is 4.04. The number of carbonyl (C=O) groups is 1. The van der Waals surface area contributed by atoms with E-state index in [-0.39, 0.29) is 12.1 Å². The number of thiophene rings is 1. The fraction of sp³-hybridized carbons (Fsp3) is 0.735. The van der Waals surface area contributed by atoms with Crippen LogP contribution in [0.15, 0.2) is 35.2 Å². The molecule has 0 N–H and O–H groups in total. The third-order valence-electron chi connectivity index (χ3n) is 11.5. The Morgan fingerprint density at radius 2 is 1.95 bits per heavy atom. The first kappa shape index (κ1) is 27.2. The summed E-state index contributed by atoms with van der Waals surface area (Å²) in [6.45, 7) is 12.6. The van der Waals surface area contributed by atoms with Crippen LogP contribution in [-0.2, 0) is 9.53 Å². The van der Waals surface area contributed by atoms with E-state index in [2.05, 4.69) is 40.7 Å². The smallest absolute Gasteiger partial charge is 0.331 e. The average molecular weight is 523 g/mol. The minimum Gasteiger partial charge on any atom is -0.459 e. The maximum atomic E-state index is 12.5. The van der Waals surface area contributed by atoms with Gasteiger partial charge < -0.3 is 4.74 Å². The Morgan fingerprint density at radius 3 is 2.70 bits per heavy atom. The van der Waals surface area contributed by atoms with Gasteiger partial charge in [-0.3, -0.25) is 0 Å². The molecule has 204 valence electrons. The fourth-order valence-corrected chi connectivity index (χ4v) is 10.1. The van der Waals surface area contributed by atoms with E-state index in [1.807, 2.05) is 23.6 Å². The van der Waals surface area contributed by atoms with Gasteiger partial charge in [-0.05, 0) is 109 Å². The molecular formula is C34H50O2S. The van der Waals surface area contributed by atoms with Crippen LogP contribution in [0, 0.1) is 46.3 Å². The van der Waals surface area contributed by atoms with Gasteiger partial charge in [-0.25, -0.2) is 4.79 Å². The van der Waals surface area contributed by atoms with E-state index < -0.39 is 0 Å². The second-order valence-electron chi connectivity index (χ2n) is 13.9. The Bertz CT molecular complexity index is 989. The van der Waals surface area contributed by atoms with Crippen molar-refractivity contribution in [3.05, 3.63) is 40.1 Å². The van der Waals surface area contributed by atoms with Crippen molar-refractivity contribution in [2.24, 2.45) is 46.3 Å². The van der Waals surface area contributed by atoms with Crippen molar-refractivity contribution < 1.29 is 9.53 Å². The van der Waals surface area contributed by atoms with E-state index in [1.165, 1.54) is 57.8 Å². The SMILES string of the molecule is CC(C)CCCC(C)C1CCC2C3CC=C4CC(OC(=O)C=Cc5cccs5)CCC4(C)C3CCC12C. The summed E-state index contributed by atoms with van der Waals surface area (Å²) >= 11 is 1.64. The highest BCUT2D eigenvalue weighted by molar-refractivity contribution is 7.10. The third kappa shape index (κ3) is 5.41. The first-order chi connectivity index (χ1) is 17.7. The summed E-state index contributed by atoms with van der Waals surface area (Å²) in [5.74, 6) is 5.00. The molecule has 4 aliphatic rings. The lowest BCUT2D eigenvalue weighted by Crippen LogP contribution is -2.51. The first-order valence-electron chi connectivity index (χ1n) is 15.3. The molecule has 1 aromatic heterocycles. The third-order valence-corrected chi connectivity index (χ3v) is 12.3. The Morgan fingerprint density at radius 1 is 1.11 bits per heavy atom. The molecule has 8 unspecified atom stereocenters. The Labute approximate surface area is 230 Å². The quantitative estimate of drug-likeness (QED) is 0.193. The molecule has 3 saturated carbocycles. The average Bonchev–Trinajstić information content (AvgIpc) is 3.50. The molecule has 8 atom stereocenters. The lowest BCUT2D eigenvalue weighted by molar-refractivity contribution is -0.145. The first-order valence-corrected chi connectivity index (χ1v) is 16.2. The van der Waals surface area contributed by atoms with E-state index in [9.17, 15) is 4.79 Å². The van der Waals surface area contributed by atoms with Crippen molar-refractivity contribution in [3.63, 3.8) is 0 Å². The van der Waals surface area contributed by atoms with Crippen LogP contribution in [0.1, 0.15) is 110 Å². The maximum Gasteiger partial charge on any atom is 0.331 e. The van der Waals surface area contributed by atoms with Crippen molar-refractivity contribution in [1.29, 1.82) is 0 Å². The van der Waals surface area contributed by atoms with Gasteiger partial charge in [0.15, 0.2) is 0 Å². The molecule has 2 nitrogen and oxygen atoms in total. The number of hydrogen-bond donors (Lipinski definition) is 0. The zero-order chi connectivity index (χ0) is 26.2. The molecule has 0 spiro atoms. The molecule has 3 fully saturated rings. The summed E-state index contributed by atoms with van der Waals surface area (Å²) in [7, 11) is 0. The number of hydrogen-bond acceptors (Lipinski definition) is 3. The van der Waals surface area contributed by atoms with Gasteiger partial charge in [-0.1, -0.05) is 71.6 Å². The van der Waals surface area contributed by atoms with Gasteiger partial charge in [-0.2, -0.15) is 0 Å². The van der Waals surface area contributed by atoms with Crippen LogP contribution in [0.5, 0.6) is 0 Å². The van der Waals surface area contributed by atoms with Crippen LogP contribution < -0.4 is 0 Å². The molecule has 0 amide bonds. The lowest BCUT2D eigenvalue weighted by Gasteiger charge is -2.58. The number of rotatable bonds is 8. The summed E-state index contributed by atoms with van der Waals surface area (Å²) < 4.78 is 5.93. The molecule has 0 aromatic carbocycles. The maximum absolute atomic E-state index is 12.5. The van der Waals surface area contributed by atoms with E-state index >= 15 is 0 Å². The molecule has 0 bridgehead atoms. The molecule has 3 heteroatoms. The van der Waals surface area contributed by atoms with Crippen molar-refractivity contribution in [3.8, 4) is 0 Å². The number of fused-ring (bicyclic) bond motifs is 5. The van der Waals surface area contributed by atoms with Gasteiger partial charge in [-0.15, -0.1) is 11.3 Å². The topological polar surface area (TPSA) is 26.3 Å².